The molecule has 0 aromatic carbocycles. The lowest BCUT2D eigenvalue weighted by atomic mass is 10.0. The number of hydrogen-bond donors (Lipinski definition) is 0. The molecule has 0 saturated heterocycles. The molecule has 15 heavy (non-hydrogen) atoms. The van der Waals surface area contributed by atoms with Crippen LogP contribution in [0.2, 0.25) is 0 Å². The minimum Gasteiger partial charge on any atom is -0.461 e. The van der Waals surface area contributed by atoms with Gasteiger partial charge in [0, 0.05) is 0 Å². The van der Waals surface area contributed by atoms with Crippen molar-refractivity contribution >= 4 is 5.97 Å². The summed E-state index contributed by atoms with van der Waals surface area (Å²) in [5, 5.41) is 0. The van der Waals surface area contributed by atoms with Crippen molar-refractivity contribution in [1.82, 2.24) is 0 Å². The second kappa shape index (κ2) is 6.59. The molecule has 0 aromatic heterocycles. The van der Waals surface area contributed by atoms with Crippen LogP contribution in [0.4, 0.5) is 4.39 Å². The van der Waals surface area contributed by atoms with E-state index < -0.39 is 11.8 Å². The molecule has 0 aliphatic heterocycles. The van der Waals surface area contributed by atoms with Gasteiger partial charge in [0.1, 0.15) is 0 Å². The molecule has 0 radical (unpaired) electrons. The van der Waals surface area contributed by atoms with Crippen molar-refractivity contribution in [3.05, 3.63) is 11.9 Å². The number of carbonyl (C=O) groups excluding carboxylic acids is 1. The van der Waals surface area contributed by atoms with Gasteiger partial charge in [-0.05, 0) is 31.8 Å². The number of allylic oxidation sites excluding steroid dienone is 1. The third-order valence-corrected chi connectivity index (χ3v) is 2.84. The van der Waals surface area contributed by atoms with Gasteiger partial charge in [-0.15, -0.1) is 0 Å². The van der Waals surface area contributed by atoms with Crippen LogP contribution in [0.5, 0.6) is 0 Å². The fourth-order valence-electron chi connectivity index (χ4n) is 2.03. The number of carbonyl (C=O) groups is 1. The van der Waals surface area contributed by atoms with E-state index in [1.54, 1.807) is 6.92 Å². The summed E-state index contributed by atoms with van der Waals surface area (Å²) in [6.07, 6.45) is 8.12. The van der Waals surface area contributed by atoms with Crippen LogP contribution in [0.25, 0.3) is 0 Å². The molecule has 1 aliphatic rings. The van der Waals surface area contributed by atoms with Crippen molar-refractivity contribution in [2.45, 2.75) is 45.4 Å². The Labute approximate surface area is 90.5 Å². The summed E-state index contributed by atoms with van der Waals surface area (Å²) < 4.78 is 17.6. The van der Waals surface area contributed by atoms with E-state index >= 15 is 0 Å². The monoisotopic (exact) mass is 214 g/mol. The standard InChI is InChI=1S/C12H19FO2/c1-2-15-12(14)11(13)9-5-8-10-6-3-4-7-10/h9-10H,2-8H2,1H3/b11-9+. The smallest absolute Gasteiger partial charge is 0.366 e. The van der Waals surface area contributed by atoms with Crippen molar-refractivity contribution in [3.63, 3.8) is 0 Å². The van der Waals surface area contributed by atoms with Crippen LogP contribution in [0.15, 0.2) is 11.9 Å². The maximum atomic E-state index is 13.0. The highest BCUT2D eigenvalue weighted by Crippen LogP contribution is 2.28. The predicted octanol–water partition coefficient (Wildman–Crippen LogP) is 3.37. The van der Waals surface area contributed by atoms with Gasteiger partial charge in [-0.25, -0.2) is 4.79 Å². The van der Waals surface area contributed by atoms with Crippen molar-refractivity contribution in [2.75, 3.05) is 6.61 Å². The fourth-order valence-corrected chi connectivity index (χ4v) is 2.03. The van der Waals surface area contributed by atoms with Gasteiger partial charge >= 0.3 is 5.97 Å². The van der Waals surface area contributed by atoms with Crippen LogP contribution in [-0.4, -0.2) is 12.6 Å². The molecule has 0 N–H and O–H groups in total. The molecule has 1 aliphatic carbocycles. The topological polar surface area (TPSA) is 26.3 Å². The number of rotatable bonds is 5. The van der Waals surface area contributed by atoms with Crippen molar-refractivity contribution < 1.29 is 13.9 Å². The molecule has 1 saturated carbocycles. The highest BCUT2D eigenvalue weighted by molar-refractivity contribution is 5.85. The van der Waals surface area contributed by atoms with Gasteiger partial charge in [0.2, 0.25) is 5.83 Å². The van der Waals surface area contributed by atoms with Gasteiger partial charge in [-0.1, -0.05) is 25.7 Å². The molecule has 3 heteroatoms. The quantitative estimate of drug-likeness (QED) is 0.518. The summed E-state index contributed by atoms with van der Waals surface area (Å²) >= 11 is 0. The van der Waals surface area contributed by atoms with Gasteiger partial charge in [0.25, 0.3) is 0 Å². The van der Waals surface area contributed by atoms with Gasteiger partial charge < -0.3 is 4.74 Å². The molecule has 0 unspecified atom stereocenters. The summed E-state index contributed by atoms with van der Waals surface area (Å²) in [6.45, 7) is 1.90. The summed E-state index contributed by atoms with van der Waals surface area (Å²) in [5.41, 5.74) is 0. The normalized spacial score (nSPS) is 18.1. The molecule has 0 amide bonds. The van der Waals surface area contributed by atoms with Gasteiger partial charge in [0.15, 0.2) is 0 Å². The third kappa shape index (κ3) is 4.45. The van der Waals surface area contributed by atoms with Crippen LogP contribution >= 0.6 is 0 Å². The first-order chi connectivity index (χ1) is 7.24. The Morgan fingerprint density at radius 3 is 2.73 bits per heavy atom. The predicted molar refractivity (Wildman–Crippen MR) is 57.0 cm³/mol. The molecule has 1 fully saturated rings. The fraction of sp³-hybridized carbons (Fsp3) is 0.750. The van der Waals surface area contributed by atoms with Crippen molar-refractivity contribution in [1.29, 1.82) is 0 Å². The first-order valence-electron chi connectivity index (χ1n) is 5.76. The number of halogens is 1. The van der Waals surface area contributed by atoms with E-state index in [1.807, 2.05) is 0 Å². The minimum atomic E-state index is -0.830. The Morgan fingerprint density at radius 1 is 1.47 bits per heavy atom. The Balaban J connectivity index is 2.20. The van der Waals surface area contributed by atoms with Crippen molar-refractivity contribution in [2.24, 2.45) is 5.92 Å². The zero-order chi connectivity index (χ0) is 11.1. The lowest BCUT2D eigenvalue weighted by Crippen LogP contribution is -2.04. The maximum Gasteiger partial charge on any atom is 0.366 e. The van der Waals surface area contributed by atoms with Gasteiger partial charge in [-0.2, -0.15) is 4.39 Å². The molecule has 86 valence electrons. The first kappa shape index (κ1) is 12.2. The van der Waals surface area contributed by atoms with Crippen LogP contribution in [0, 0.1) is 5.92 Å². The SMILES string of the molecule is CCOC(=O)/C(F)=C\CCC1CCCC1. The van der Waals surface area contributed by atoms with Gasteiger partial charge in [0.05, 0.1) is 6.61 Å². The summed E-state index contributed by atoms with van der Waals surface area (Å²) in [5.74, 6) is -0.838. The van der Waals surface area contributed by atoms with E-state index in [0.29, 0.717) is 6.42 Å². The van der Waals surface area contributed by atoms with E-state index in [1.165, 1.54) is 31.8 Å². The summed E-state index contributed by atoms with van der Waals surface area (Å²) in [4.78, 5) is 10.9. The highest BCUT2D eigenvalue weighted by Gasteiger charge is 2.14. The summed E-state index contributed by atoms with van der Waals surface area (Å²) in [7, 11) is 0. The molecular weight excluding hydrogens is 195 g/mol. The largest absolute Gasteiger partial charge is 0.461 e. The average molecular weight is 214 g/mol. The second-order valence-corrected chi connectivity index (χ2v) is 4.00. The van der Waals surface area contributed by atoms with Crippen LogP contribution in [0.1, 0.15) is 45.4 Å². The average Bonchev–Trinajstić information content (AvgIpc) is 2.71. The van der Waals surface area contributed by atoms with E-state index in [4.69, 9.17) is 0 Å². The summed E-state index contributed by atoms with van der Waals surface area (Å²) in [6, 6.07) is 0. The zero-order valence-electron chi connectivity index (χ0n) is 9.30. The molecule has 0 bridgehead atoms. The number of hydrogen-bond acceptors (Lipinski definition) is 2. The molecule has 1 rings (SSSR count). The van der Waals surface area contributed by atoms with Crippen LogP contribution < -0.4 is 0 Å². The van der Waals surface area contributed by atoms with E-state index in [2.05, 4.69) is 4.74 Å². The Kier molecular flexibility index (Phi) is 5.37. The molecule has 0 atom stereocenters. The Hall–Kier alpha value is -0.860. The zero-order valence-corrected chi connectivity index (χ0v) is 9.30. The Bertz CT molecular complexity index is 230. The van der Waals surface area contributed by atoms with E-state index in [0.717, 1.165) is 12.3 Å². The van der Waals surface area contributed by atoms with Crippen LogP contribution in [0.3, 0.4) is 0 Å². The molecule has 0 aromatic rings. The molecular formula is C12H19FO2. The molecule has 0 heterocycles. The number of esters is 1. The van der Waals surface area contributed by atoms with Crippen molar-refractivity contribution in [3.8, 4) is 0 Å². The van der Waals surface area contributed by atoms with Gasteiger partial charge in [-0.3, -0.25) is 0 Å². The second-order valence-electron chi connectivity index (χ2n) is 4.00. The first-order valence-corrected chi connectivity index (χ1v) is 5.76. The maximum absolute atomic E-state index is 13.0. The third-order valence-electron chi connectivity index (χ3n) is 2.84. The highest BCUT2D eigenvalue weighted by atomic mass is 19.1. The van der Waals surface area contributed by atoms with E-state index in [-0.39, 0.29) is 6.61 Å². The van der Waals surface area contributed by atoms with Crippen LogP contribution in [-0.2, 0) is 9.53 Å². The lowest BCUT2D eigenvalue weighted by Gasteiger charge is -2.05. The lowest BCUT2D eigenvalue weighted by molar-refractivity contribution is -0.140. The molecule has 2 nitrogen and oxygen atoms in total. The van der Waals surface area contributed by atoms with E-state index in [9.17, 15) is 9.18 Å². The minimum absolute atomic E-state index is 0.225. The Morgan fingerprint density at radius 2 is 2.13 bits per heavy atom. The number of ether oxygens (including phenoxy) is 1. The molecule has 0 spiro atoms.